The summed E-state index contributed by atoms with van der Waals surface area (Å²) in [5, 5.41) is -0.538. The molecule has 19 heavy (non-hydrogen) atoms. The van der Waals surface area contributed by atoms with Crippen LogP contribution in [0.15, 0.2) is 23.4 Å². The number of halogens is 1. The Morgan fingerprint density at radius 3 is 2.84 bits per heavy atom. The van der Waals surface area contributed by atoms with Crippen molar-refractivity contribution in [3.05, 3.63) is 24.1 Å². The van der Waals surface area contributed by atoms with E-state index in [1.54, 1.807) is 0 Å². The number of rotatable bonds is 5. The van der Waals surface area contributed by atoms with E-state index in [9.17, 15) is 12.8 Å². The van der Waals surface area contributed by atoms with Crippen molar-refractivity contribution in [2.75, 3.05) is 37.7 Å². The van der Waals surface area contributed by atoms with Crippen LogP contribution in [-0.2, 0) is 10.0 Å². The number of thioether (sulfide) groups is 1. The summed E-state index contributed by atoms with van der Waals surface area (Å²) in [6.45, 7) is 2.83. The lowest BCUT2D eigenvalue weighted by Gasteiger charge is -2.25. The number of hydrogen-bond donors (Lipinski definition) is 1. The van der Waals surface area contributed by atoms with Crippen LogP contribution in [0, 0.1) is 5.82 Å². The van der Waals surface area contributed by atoms with Gasteiger partial charge in [0.15, 0.2) is 5.82 Å². The first-order valence-corrected chi connectivity index (χ1v) is 8.64. The first-order chi connectivity index (χ1) is 9.09. The largest absolute Gasteiger partial charge is 0.300 e. The highest BCUT2D eigenvalue weighted by Crippen LogP contribution is 2.10. The second-order valence-corrected chi connectivity index (χ2v) is 7.05. The summed E-state index contributed by atoms with van der Waals surface area (Å²) in [5.41, 5.74) is 0. The number of nitrogens with one attached hydrogen (secondary N) is 1. The lowest BCUT2D eigenvalue weighted by atomic mass is 10.5. The summed E-state index contributed by atoms with van der Waals surface area (Å²) in [6, 6.07) is 2.45. The normalized spacial score (nSPS) is 17.5. The molecule has 0 aromatic carbocycles. The molecule has 106 valence electrons. The molecule has 5 nitrogen and oxygen atoms in total. The van der Waals surface area contributed by atoms with Crippen molar-refractivity contribution >= 4 is 21.8 Å². The fraction of sp³-hybridized carbons (Fsp3) is 0.545. The third kappa shape index (κ3) is 4.13. The summed E-state index contributed by atoms with van der Waals surface area (Å²) in [6.07, 6.45) is 1.26. The average Bonchev–Trinajstić information content (AvgIpc) is 2.40. The van der Waals surface area contributed by atoms with Gasteiger partial charge in [-0.1, -0.05) is 0 Å². The maximum Gasteiger partial charge on any atom is 0.261 e. The van der Waals surface area contributed by atoms with Crippen molar-refractivity contribution in [2.24, 2.45) is 0 Å². The minimum absolute atomic E-state index is 0.267. The molecule has 0 radical (unpaired) electrons. The first-order valence-electron chi connectivity index (χ1n) is 6.00. The zero-order valence-electron chi connectivity index (χ0n) is 10.4. The van der Waals surface area contributed by atoms with Gasteiger partial charge in [-0.15, -0.1) is 0 Å². The molecule has 1 aliphatic heterocycles. The first kappa shape index (κ1) is 14.7. The molecule has 0 atom stereocenters. The molecular formula is C11H16FN3O2S2. The molecule has 1 fully saturated rings. The van der Waals surface area contributed by atoms with Gasteiger partial charge in [0.2, 0.25) is 5.03 Å². The molecule has 0 saturated carbocycles. The Hall–Kier alpha value is -0.700. The highest BCUT2D eigenvalue weighted by Gasteiger charge is 2.20. The van der Waals surface area contributed by atoms with Gasteiger partial charge < -0.3 is 4.90 Å². The van der Waals surface area contributed by atoms with Gasteiger partial charge in [0.25, 0.3) is 10.0 Å². The minimum atomic E-state index is -3.86. The fourth-order valence-electron chi connectivity index (χ4n) is 1.80. The Balaban J connectivity index is 1.89. The van der Waals surface area contributed by atoms with E-state index in [-0.39, 0.29) is 6.54 Å². The molecule has 1 aliphatic rings. The zero-order valence-corrected chi connectivity index (χ0v) is 12.0. The topological polar surface area (TPSA) is 62.3 Å². The number of hydrogen-bond acceptors (Lipinski definition) is 5. The van der Waals surface area contributed by atoms with Crippen LogP contribution >= 0.6 is 11.8 Å². The Labute approximate surface area is 116 Å². The number of aromatic nitrogens is 1. The molecule has 1 saturated heterocycles. The Morgan fingerprint density at radius 1 is 1.42 bits per heavy atom. The molecule has 2 rings (SSSR count). The van der Waals surface area contributed by atoms with Crippen molar-refractivity contribution in [3.8, 4) is 0 Å². The lowest BCUT2D eigenvalue weighted by Crippen LogP contribution is -2.39. The molecule has 0 aliphatic carbocycles. The Kier molecular flexibility index (Phi) is 5.14. The molecule has 1 aromatic rings. The van der Waals surface area contributed by atoms with Crippen LogP contribution < -0.4 is 4.72 Å². The standard InChI is InChI=1S/C11H16FN3O2S2/c12-10-2-1-3-13-11(10)19(16,17)14-4-5-15-6-8-18-9-7-15/h1-3,14H,4-9H2. The molecule has 0 unspecified atom stereocenters. The van der Waals surface area contributed by atoms with E-state index in [4.69, 9.17) is 0 Å². The maximum atomic E-state index is 13.4. The third-order valence-corrected chi connectivity index (χ3v) is 5.14. The molecule has 0 spiro atoms. The predicted octanol–water partition coefficient (Wildman–Crippen LogP) is 0.548. The van der Waals surface area contributed by atoms with Crippen LogP contribution in [0.1, 0.15) is 0 Å². The van der Waals surface area contributed by atoms with Crippen LogP contribution in [0.2, 0.25) is 0 Å². The van der Waals surface area contributed by atoms with E-state index in [0.717, 1.165) is 30.7 Å². The average molecular weight is 305 g/mol. The highest BCUT2D eigenvalue weighted by molar-refractivity contribution is 7.99. The summed E-state index contributed by atoms with van der Waals surface area (Å²) in [5.74, 6) is 1.31. The monoisotopic (exact) mass is 305 g/mol. The second kappa shape index (κ2) is 6.65. The summed E-state index contributed by atoms with van der Waals surface area (Å²) >= 11 is 1.90. The molecule has 8 heteroatoms. The molecule has 1 aromatic heterocycles. The lowest BCUT2D eigenvalue weighted by molar-refractivity contribution is 0.307. The van der Waals surface area contributed by atoms with E-state index in [1.807, 2.05) is 11.8 Å². The molecular weight excluding hydrogens is 289 g/mol. The van der Waals surface area contributed by atoms with Gasteiger partial charge >= 0.3 is 0 Å². The van der Waals surface area contributed by atoms with Crippen LogP contribution in [-0.4, -0.2) is 56.0 Å². The van der Waals surface area contributed by atoms with E-state index < -0.39 is 20.9 Å². The van der Waals surface area contributed by atoms with Crippen LogP contribution in [0.5, 0.6) is 0 Å². The van der Waals surface area contributed by atoms with Gasteiger partial charge in [-0.05, 0) is 12.1 Å². The number of pyridine rings is 1. The highest BCUT2D eigenvalue weighted by atomic mass is 32.2. The van der Waals surface area contributed by atoms with Crippen molar-refractivity contribution in [2.45, 2.75) is 5.03 Å². The van der Waals surface area contributed by atoms with Crippen LogP contribution in [0.3, 0.4) is 0 Å². The van der Waals surface area contributed by atoms with E-state index in [1.165, 1.54) is 12.3 Å². The predicted molar refractivity (Wildman–Crippen MR) is 73.1 cm³/mol. The zero-order chi connectivity index (χ0) is 13.7. The van der Waals surface area contributed by atoms with Gasteiger partial charge in [0.1, 0.15) is 0 Å². The smallest absolute Gasteiger partial charge is 0.261 e. The second-order valence-electron chi connectivity index (χ2n) is 4.14. The van der Waals surface area contributed by atoms with E-state index in [0.29, 0.717) is 6.54 Å². The van der Waals surface area contributed by atoms with Gasteiger partial charge in [0.05, 0.1) is 0 Å². The summed E-state index contributed by atoms with van der Waals surface area (Å²) in [7, 11) is -3.86. The van der Waals surface area contributed by atoms with Crippen LogP contribution in [0.25, 0.3) is 0 Å². The van der Waals surface area contributed by atoms with E-state index in [2.05, 4.69) is 14.6 Å². The minimum Gasteiger partial charge on any atom is -0.300 e. The van der Waals surface area contributed by atoms with Gasteiger partial charge in [-0.3, -0.25) is 0 Å². The summed E-state index contributed by atoms with van der Waals surface area (Å²) in [4.78, 5) is 5.76. The molecule has 1 N–H and O–H groups in total. The van der Waals surface area contributed by atoms with Gasteiger partial charge in [-0.25, -0.2) is 22.5 Å². The van der Waals surface area contributed by atoms with Crippen molar-refractivity contribution in [3.63, 3.8) is 0 Å². The Bertz CT molecular complexity index is 518. The van der Waals surface area contributed by atoms with Gasteiger partial charge in [0, 0.05) is 43.9 Å². The maximum absolute atomic E-state index is 13.4. The SMILES string of the molecule is O=S(=O)(NCCN1CCSCC1)c1ncccc1F. The fourth-order valence-corrected chi connectivity index (χ4v) is 3.80. The third-order valence-electron chi connectivity index (χ3n) is 2.80. The van der Waals surface area contributed by atoms with E-state index >= 15 is 0 Å². The van der Waals surface area contributed by atoms with Gasteiger partial charge in [-0.2, -0.15) is 11.8 Å². The summed E-state index contributed by atoms with van der Waals surface area (Å²) < 4.78 is 39.5. The Morgan fingerprint density at radius 2 is 2.16 bits per heavy atom. The number of nitrogens with zero attached hydrogens (tertiary/aromatic N) is 2. The molecule has 0 amide bonds. The van der Waals surface area contributed by atoms with Crippen LogP contribution in [0.4, 0.5) is 4.39 Å². The number of sulfonamides is 1. The quantitative estimate of drug-likeness (QED) is 0.861. The van der Waals surface area contributed by atoms with Crippen molar-refractivity contribution in [1.29, 1.82) is 0 Å². The van der Waals surface area contributed by atoms with Crippen molar-refractivity contribution < 1.29 is 12.8 Å². The molecule has 0 bridgehead atoms. The molecule has 2 heterocycles. The van der Waals surface area contributed by atoms with Crippen molar-refractivity contribution in [1.82, 2.24) is 14.6 Å².